The third-order valence-corrected chi connectivity index (χ3v) is 2.69. The second-order valence-corrected chi connectivity index (χ2v) is 3.75. The molecule has 1 aromatic heterocycles. The van der Waals surface area contributed by atoms with E-state index in [2.05, 4.69) is 5.10 Å². The van der Waals surface area contributed by atoms with Gasteiger partial charge in [-0.2, -0.15) is 18.3 Å². The molecule has 1 rings (SSSR count). The number of nitrogens with zero attached hydrogens (tertiary/aromatic N) is 2. The Kier molecular flexibility index (Phi) is 3.68. The van der Waals surface area contributed by atoms with Gasteiger partial charge in [0.2, 0.25) is 0 Å². The van der Waals surface area contributed by atoms with E-state index in [0.29, 0.717) is 0 Å². The highest BCUT2D eigenvalue weighted by Gasteiger charge is 2.39. The van der Waals surface area contributed by atoms with E-state index in [1.54, 1.807) is 0 Å². The number of alkyl halides is 3. The molecule has 0 fully saturated rings. The molecular weight excluding hydrogens is 261 g/mol. The first-order valence-electron chi connectivity index (χ1n) is 4.52. The number of nitrogens with one attached hydrogen (secondary N) is 1. The van der Waals surface area contributed by atoms with Crippen molar-refractivity contribution in [1.29, 1.82) is 0 Å². The summed E-state index contributed by atoms with van der Waals surface area (Å²) in [6.45, 7) is 2.70. The first-order valence-corrected chi connectivity index (χ1v) is 4.90. The fraction of sp³-hybridized carbons (Fsp3) is 0.500. The predicted octanol–water partition coefficient (Wildman–Crippen LogP) is 1.41. The number of hydrazine groups is 1. The van der Waals surface area contributed by atoms with E-state index >= 15 is 0 Å². The number of carbonyl (C=O) groups is 1. The Bertz CT molecular complexity index is 443. The van der Waals surface area contributed by atoms with Gasteiger partial charge in [-0.1, -0.05) is 11.6 Å². The first kappa shape index (κ1) is 13.8. The normalized spacial score (nSPS) is 13.6. The molecule has 0 radical (unpaired) electrons. The lowest BCUT2D eigenvalue weighted by Crippen LogP contribution is -2.36. The summed E-state index contributed by atoms with van der Waals surface area (Å²) >= 11 is 5.52. The minimum atomic E-state index is -4.66. The van der Waals surface area contributed by atoms with E-state index in [0.717, 1.165) is 4.68 Å². The van der Waals surface area contributed by atoms with Crippen LogP contribution in [0.15, 0.2) is 0 Å². The van der Waals surface area contributed by atoms with Gasteiger partial charge in [-0.25, -0.2) is 5.84 Å². The van der Waals surface area contributed by atoms with Crippen LogP contribution in [0.4, 0.5) is 13.2 Å². The molecule has 0 spiro atoms. The minimum Gasteiger partial charge on any atom is -0.292 e. The zero-order chi connectivity index (χ0) is 13.4. The van der Waals surface area contributed by atoms with Crippen molar-refractivity contribution in [3.05, 3.63) is 16.4 Å². The summed E-state index contributed by atoms with van der Waals surface area (Å²) in [5.74, 6) is 4.23. The summed E-state index contributed by atoms with van der Waals surface area (Å²) in [4.78, 5) is 11.2. The molecule has 17 heavy (non-hydrogen) atoms. The number of aromatic nitrogens is 2. The number of carbonyl (C=O) groups excluding carboxylic acids is 1. The van der Waals surface area contributed by atoms with E-state index < -0.39 is 28.8 Å². The molecule has 3 N–H and O–H groups in total. The standard InChI is InChI=1S/C8H10ClF3N4O/c1-3-5(9)6(8(10,11)12)15-16(3)4(2)7(17)14-13/h4H,13H2,1-2H3,(H,14,17)/t4-/m1/s1. The third-order valence-electron chi connectivity index (χ3n) is 2.23. The minimum absolute atomic E-state index is 0.0510. The molecule has 0 aliphatic rings. The van der Waals surface area contributed by atoms with Crippen LogP contribution in [0.5, 0.6) is 0 Å². The van der Waals surface area contributed by atoms with Crippen LogP contribution in [0.1, 0.15) is 24.4 Å². The highest BCUT2D eigenvalue weighted by molar-refractivity contribution is 6.32. The van der Waals surface area contributed by atoms with Crippen molar-refractivity contribution >= 4 is 17.5 Å². The summed E-state index contributed by atoms with van der Waals surface area (Å²) < 4.78 is 38.4. The van der Waals surface area contributed by atoms with Gasteiger partial charge in [-0.15, -0.1) is 0 Å². The molecule has 5 nitrogen and oxygen atoms in total. The molecule has 1 aromatic rings. The van der Waals surface area contributed by atoms with Crippen LogP contribution in [0.3, 0.4) is 0 Å². The Labute approximate surface area is 99.7 Å². The first-order chi connectivity index (χ1) is 7.70. The lowest BCUT2D eigenvalue weighted by atomic mass is 10.3. The monoisotopic (exact) mass is 270 g/mol. The van der Waals surface area contributed by atoms with Gasteiger partial charge >= 0.3 is 6.18 Å². The number of hydrogen-bond acceptors (Lipinski definition) is 3. The van der Waals surface area contributed by atoms with E-state index in [-0.39, 0.29) is 5.69 Å². The van der Waals surface area contributed by atoms with Gasteiger partial charge in [-0.3, -0.25) is 14.9 Å². The second kappa shape index (κ2) is 4.53. The summed E-state index contributed by atoms with van der Waals surface area (Å²) in [6, 6.07) is -0.978. The molecule has 9 heteroatoms. The zero-order valence-electron chi connectivity index (χ0n) is 8.97. The number of amides is 1. The maximum Gasteiger partial charge on any atom is 0.436 e. The molecule has 0 aliphatic carbocycles. The topological polar surface area (TPSA) is 72.9 Å². The Morgan fingerprint density at radius 1 is 1.59 bits per heavy atom. The van der Waals surface area contributed by atoms with Gasteiger partial charge in [-0.05, 0) is 13.8 Å². The van der Waals surface area contributed by atoms with E-state index in [9.17, 15) is 18.0 Å². The summed E-state index contributed by atoms with van der Waals surface area (Å²) in [7, 11) is 0. The van der Waals surface area contributed by atoms with Crippen molar-refractivity contribution in [3.63, 3.8) is 0 Å². The summed E-state index contributed by atoms with van der Waals surface area (Å²) in [6.07, 6.45) is -4.66. The maximum absolute atomic E-state index is 12.5. The molecule has 0 unspecified atom stereocenters. The van der Waals surface area contributed by atoms with Gasteiger partial charge in [0.15, 0.2) is 5.69 Å². The number of nitrogens with two attached hydrogens (primary N) is 1. The quantitative estimate of drug-likeness (QED) is 0.485. The predicted molar refractivity (Wildman–Crippen MR) is 54.0 cm³/mol. The molecule has 0 saturated heterocycles. The van der Waals surface area contributed by atoms with Crippen LogP contribution in [0, 0.1) is 6.92 Å². The van der Waals surface area contributed by atoms with E-state index in [4.69, 9.17) is 17.4 Å². The van der Waals surface area contributed by atoms with Gasteiger partial charge in [0.1, 0.15) is 6.04 Å². The number of rotatable bonds is 2. The molecule has 0 aliphatic heterocycles. The van der Waals surface area contributed by atoms with Crippen LogP contribution < -0.4 is 11.3 Å². The molecule has 96 valence electrons. The second-order valence-electron chi connectivity index (χ2n) is 3.37. The van der Waals surface area contributed by atoms with Crippen LogP contribution in [0.2, 0.25) is 5.02 Å². The highest BCUT2D eigenvalue weighted by atomic mass is 35.5. The van der Waals surface area contributed by atoms with Crippen molar-refractivity contribution in [3.8, 4) is 0 Å². The Morgan fingerprint density at radius 3 is 2.47 bits per heavy atom. The Hall–Kier alpha value is -1.28. The molecule has 1 heterocycles. The molecule has 0 bridgehead atoms. The third kappa shape index (κ3) is 2.52. The number of hydrogen-bond donors (Lipinski definition) is 2. The van der Waals surface area contributed by atoms with E-state index in [1.807, 2.05) is 5.43 Å². The zero-order valence-corrected chi connectivity index (χ0v) is 9.73. The van der Waals surface area contributed by atoms with Crippen molar-refractivity contribution in [2.75, 3.05) is 0 Å². The highest BCUT2D eigenvalue weighted by Crippen LogP contribution is 2.36. The van der Waals surface area contributed by atoms with Crippen molar-refractivity contribution in [1.82, 2.24) is 15.2 Å². The smallest absolute Gasteiger partial charge is 0.292 e. The Balaban J connectivity index is 3.25. The lowest BCUT2D eigenvalue weighted by Gasteiger charge is -2.12. The van der Waals surface area contributed by atoms with Crippen molar-refractivity contribution in [2.24, 2.45) is 5.84 Å². The van der Waals surface area contributed by atoms with Gasteiger partial charge in [0.25, 0.3) is 5.91 Å². The molecular formula is C8H10ClF3N4O. The molecule has 1 amide bonds. The largest absolute Gasteiger partial charge is 0.436 e. The van der Waals surface area contributed by atoms with E-state index in [1.165, 1.54) is 13.8 Å². The van der Waals surface area contributed by atoms with Crippen LogP contribution in [0.25, 0.3) is 0 Å². The molecule has 0 aromatic carbocycles. The maximum atomic E-state index is 12.5. The lowest BCUT2D eigenvalue weighted by molar-refractivity contribution is -0.141. The summed E-state index contributed by atoms with van der Waals surface area (Å²) in [5, 5.41) is 2.77. The van der Waals surface area contributed by atoms with Crippen molar-refractivity contribution in [2.45, 2.75) is 26.1 Å². The van der Waals surface area contributed by atoms with Crippen LogP contribution >= 0.6 is 11.6 Å². The van der Waals surface area contributed by atoms with Crippen LogP contribution in [-0.2, 0) is 11.0 Å². The summed E-state index contributed by atoms with van der Waals surface area (Å²) in [5.41, 5.74) is 0.670. The van der Waals surface area contributed by atoms with Crippen molar-refractivity contribution < 1.29 is 18.0 Å². The average Bonchev–Trinajstić information content (AvgIpc) is 2.53. The SMILES string of the molecule is Cc1c(Cl)c(C(F)(F)F)nn1[C@H](C)C(=O)NN. The number of halogens is 4. The fourth-order valence-electron chi connectivity index (χ4n) is 1.29. The fourth-order valence-corrected chi connectivity index (χ4v) is 1.52. The van der Waals surface area contributed by atoms with Crippen LogP contribution in [-0.4, -0.2) is 15.7 Å². The van der Waals surface area contributed by atoms with Gasteiger partial charge < -0.3 is 0 Å². The molecule has 0 saturated carbocycles. The van der Waals surface area contributed by atoms with Gasteiger partial charge in [0.05, 0.1) is 10.7 Å². The average molecular weight is 271 g/mol. The molecule has 1 atom stereocenters. The van der Waals surface area contributed by atoms with Gasteiger partial charge in [0, 0.05) is 0 Å². The Morgan fingerprint density at radius 2 is 2.12 bits per heavy atom.